The lowest BCUT2D eigenvalue weighted by Gasteiger charge is -2.07. The number of benzene rings is 1. The zero-order chi connectivity index (χ0) is 16.1. The van der Waals surface area contributed by atoms with Gasteiger partial charge in [-0.2, -0.15) is 0 Å². The Morgan fingerprint density at radius 1 is 1.14 bits per heavy atom. The van der Waals surface area contributed by atoms with Gasteiger partial charge in [-0.1, -0.05) is 6.07 Å². The van der Waals surface area contributed by atoms with Crippen LogP contribution in [0.4, 0.5) is 5.69 Å². The number of carboxylic acid groups (broad SMARTS) is 1. The number of carbonyl (C=O) groups is 3. The normalized spacial score (nSPS) is 10.2. The van der Waals surface area contributed by atoms with E-state index in [4.69, 9.17) is 5.11 Å². The van der Waals surface area contributed by atoms with E-state index in [0.717, 1.165) is 6.07 Å². The summed E-state index contributed by atoms with van der Waals surface area (Å²) in [5, 5.41) is 22.6. The van der Waals surface area contributed by atoms with Gasteiger partial charge in [0.2, 0.25) is 5.91 Å². The van der Waals surface area contributed by atoms with Gasteiger partial charge in [0.1, 0.15) is 11.3 Å². The molecule has 1 amide bonds. The molecule has 0 bridgehead atoms. The quantitative estimate of drug-likeness (QED) is 0.561. The number of hydrogen-bond acceptors (Lipinski definition) is 5. The van der Waals surface area contributed by atoms with Gasteiger partial charge < -0.3 is 15.5 Å². The van der Waals surface area contributed by atoms with Crippen LogP contribution < -0.4 is 5.32 Å². The van der Waals surface area contributed by atoms with Crippen LogP contribution in [-0.4, -0.2) is 27.9 Å². The Bertz CT molecular complexity index is 709. The van der Waals surface area contributed by atoms with Crippen molar-refractivity contribution in [2.24, 2.45) is 0 Å². The maximum absolute atomic E-state index is 11.8. The Morgan fingerprint density at radius 3 is 2.55 bits per heavy atom. The standard InChI is InChI=1S/C15H13NO5S/c17-11-4-3-9(8-10(11)15(20)21)16-14(19)6-5-12(18)13-2-1-7-22-13/h1-4,7-8,17H,5-6H2,(H,16,19)(H,20,21). The average Bonchev–Trinajstić information content (AvgIpc) is 3.01. The Kier molecular flexibility index (Phi) is 4.90. The smallest absolute Gasteiger partial charge is 0.339 e. The predicted octanol–water partition coefficient (Wildman–Crippen LogP) is 2.75. The third-order valence-electron chi connectivity index (χ3n) is 2.89. The van der Waals surface area contributed by atoms with E-state index < -0.39 is 11.9 Å². The summed E-state index contributed by atoms with van der Waals surface area (Å²) in [6.07, 6.45) is 0.0796. The van der Waals surface area contributed by atoms with Gasteiger partial charge in [-0.15, -0.1) is 11.3 Å². The molecule has 2 rings (SSSR count). The van der Waals surface area contributed by atoms with Crippen molar-refractivity contribution in [1.82, 2.24) is 0 Å². The molecule has 1 heterocycles. The number of carbonyl (C=O) groups excluding carboxylic acids is 2. The monoisotopic (exact) mass is 319 g/mol. The second kappa shape index (κ2) is 6.86. The fourth-order valence-corrected chi connectivity index (χ4v) is 2.49. The van der Waals surface area contributed by atoms with Gasteiger partial charge in [0, 0.05) is 18.5 Å². The van der Waals surface area contributed by atoms with Crippen molar-refractivity contribution in [3.05, 3.63) is 46.2 Å². The van der Waals surface area contributed by atoms with Gasteiger partial charge in [0.15, 0.2) is 5.78 Å². The summed E-state index contributed by atoms with van der Waals surface area (Å²) in [5.41, 5.74) is -0.0452. The van der Waals surface area contributed by atoms with Crippen molar-refractivity contribution >= 4 is 34.7 Å². The first kappa shape index (κ1) is 15.7. The summed E-state index contributed by atoms with van der Waals surface area (Å²) in [7, 11) is 0. The molecule has 3 N–H and O–H groups in total. The van der Waals surface area contributed by atoms with E-state index >= 15 is 0 Å². The lowest BCUT2D eigenvalue weighted by atomic mass is 10.1. The van der Waals surface area contributed by atoms with Gasteiger partial charge in [-0.05, 0) is 29.6 Å². The number of nitrogens with one attached hydrogen (secondary N) is 1. The molecule has 7 heteroatoms. The van der Waals surface area contributed by atoms with Crippen molar-refractivity contribution in [2.45, 2.75) is 12.8 Å². The molecule has 1 aromatic carbocycles. The van der Waals surface area contributed by atoms with E-state index in [1.807, 2.05) is 0 Å². The number of hydrogen-bond donors (Lipinski definition) is 3. The fraction of sp³-hybridized carbons (Fsp3) is 0.133. The van der Waals surface area contributed by atoms with Gasteiger partial charge >= 0.3 is 5.97 Å². The summed E-state index contributed by atoms with van der Waals surface area (Å²) in [4.78, 5) is 35.0. The van der Waals surface area contributed by atoms with Crippen molar-refractivity contribution in [3.63, 3.8) is 0 Å². The van der Waals surface area contributed by atoms with Crippen LogP contribution in [0.1, 0.15) is 32.9 Å². The molecule has 0 radical (unpaired) electrons. The molecule has 0 aliphatic rings. The molecule has 0 spiro atoms. The Balaban J connectivity index is 1.93. The molecule has 22 heavy (non-hydrogen) atoms. The number of thiophene rings is 1. The number of anilines is 1. The van der Waals surface area contributed by atoms with Crippen LogP contribution in [0.25, 0.3) is 0 Å². The molecule has 0 aliphatic carbocycles. The molecule has 114 valence electrons. The van der Waals surface area contributed by atoms with E-state index in [0.29, 0.717) is 4.88 Å². The van der Waals surface area contributed by atoms with E-state index in [1.54, 1.807) is 17.5 Å². The topological polar surface area (TPSA) is 104 Å². The summed E-state index contributed by atoms with van der Waals surface area (Å²) < 4.78 is 0. The van der Waals surface area contributed by atoms with Gasteiger partial charge in [0.05, 0.1) is 4.88 Å². The highest BCUT2D eigenvalue weighted by molar-refractivity contribution is 7.12. The van der Waals surface area contributed by atoms with Crippen LogP contribution in [0, 0.1) is 0 Å². The highest BCUT2D eigenvalue weighted by atomic mass is 32.1. The van der Waals surface area contributed by atoms with Crippen LogP contribution >= 0.6 is 11.3 Å². The molecular formula is C15H13NO5S. The number of phenols is 1. The highest BCUT2D eigenvalue weighted by Crippen LogP contribution is 2.21. The Hall–Kier alpha value is -2.67. The molecule has 2 aromatic rings. The first-order valence-electron chi connectivity index (χ1n) is 6.40. The SMILES string of the molecule is O=C(CCC(=O)c1cccs1)Nc1ccc(O)c(C(=O)O)c1. The average molecular weight is 319 g/mol. The van der Waals surface area contributed by atoms with Gasteiger partial charge in [0.25, 0.3) is 0 Å². The number of Topliss-reactive ketones (excluding diaryl/α,β-unsaturated/α-hetero) is 1. The summed E-state index contributed by atoms with van der Waals surface area (Å²) in [6, 6.07) is 7.21. The van der Waals surface area contributed by atoms with Crippen molar-refractivity contribution in [2.75, 3.05) is 5.32 Å². The zero-order valence-corrected chi connectivity index (χ0v) is 12.2. The van der Waals surface area contributed by atoms with Crippen LogP contribution in [0.15, 0.2) is 35.7 Å². The van der Waals surface area contributed by atoms with Crippen molar-refractivity contribution in [1.29, 1.82) is 0 Å². The highest BCUT2D eigenvalue weighted by Gasteiger charge is 2.13. The molecule has 1 aromatic heterocycles. The Labute approximate surface area is 130 Å². The van der Waals surface area contributed by atoms with Crippen LogP contribution in [-0.2, 0) is 4.79 Å². The number of ketones is 1. The second-order valence-electron chi connectivity index (χ2n) is 4.49. The molecule has 0 atom stereocenters. The van der Waals surface area contributed by atoms with E-state index in [1.165, 1.54) is 23.5 Å². The lowest BCUT2D eigenvalue weighted by molar-refractivity contribution is -0.116. The van der Waals surface area contributed by atoms with E-state index in [-0.39, 0.29) is 35.6 Å². The minimum atomic E-state index is -1.29. The number of aromatic carboxylic acids is 1. The molecule has 6 nitrogen and oxygen atoms in total. The number of rotatable bonds is 6. The minimum absolute atomic E-state index is 0.0000144. The maximum Gasteiger partial charge on any atom is 0.339 e. The Morgan fingerprint density at radius 2 is 1.91 bits per heavy atom. The first-order valence-corrected chi connectivity index (χ1v) is 7.28. The molecule has 0 aliphatic heterocycles. The number of aromatic hydroxyl groups is 1. The molecule has 0 unspecified atom stereocenters. The number of amides is 1. The van der Waals surface area contributed by atoms with Crippen molar-refractivity contribution < 1.29 is 24.6 Å². The molecule has 0 saturated heterocycles. The van der Waals surface area contributed by atoms with Crippen LogP contribution in [0.3, 0.4) is 0 Å². The fourth-order valence-electron chi connectivity index (χ4n) is 1.80. The summed E-state index contributed by atoms with van der Waals surface area (Å²) in [6.45, 7) is 0. The van der Waals surface area contributed by atoms with Gasteiger partial charge in [-0.25, -0.2) is 4.79 Å². The predicted molar refractivity (Wildman–Crippen MR) is 81.6 cm³/mol. The summed E-state index contributed by atoms with van der Waals surface area (Å²) >= 11 is 1.32. The van der Waals surface area contributed by atoms with Gasteiger partial charge in [-0.3, -0.25) is 9.59 Å². The van der Waals surface area contributed by atoms with Crippen LogP contribution in [0.5, 0.6) is 5.75 Å². The maximum atomic E-state index is 11.8. The zero-order valence-electron chi connectivity index (χ0n) is 11.4. The first-order chi connectivity index (χ1) is 10.5. The molecule has 0 fully saturated rings. The molecule has 0 saturated carbocycles. The molecular weight excluding hydrogens is 306 g/mol. The second-order valence-corrected chi connectivity index (χ2v) is 5.43. The largest absolute Gasteiger partial charge is 0.507 e. The minimum Gasteiger partial charge on any atom is -0.507 e. The van der Waals surface area contributed by atoms with Crippen LogP contribution in [0.2, 0.25) is 0 Å². The third kappa shape index (κ3) is 3.92. The summed E-state index contributed by atoms with van der Waals surface area (Å²) in [5.74, 6) is -2.17. The van der Waals surface area contributed by atoms with E-state index in [9.17, 15) is 19.5 Å². The van der Waals surface area contributed by atoms with Crippen molar-refractivity contribution in [3.8, 4) is 5.75 Å². The van der Waals surface area contributed by atoms with E-state index in [2.05, 4.69) is 5.32 Å². The third-order valence-corrected chi connectivity index (χ3v) is 3.80. The lowest BCUT2D eigenvalue weighted by Crippen LogP contribution is -2.13. The number of carboxylic acids is 1.